The van der Waals surface area contributed by atoms with Crippen molar-refractivity contribution in [2.75, 3.05) is 0 Å². The minimum atomic E-state index is -0.0290. The maximum Gasteiger partial charge on any atom is 0.309 e. The van der Waals surface area contributed by atoms with Crippen LogP contribution in [-0.2, 0) is 9.53 Å². The maximum atomic E-state index is 10.9. The Hall–Kier alpha value is -0.530. The summed E-state index contributed by atoms with van der Waals surface area (Å²) in [5.41, 5.74) is 0. The molecule has 1 aliphatic rings. The van der Waals surface area contributed by atoms with Crippen LogP contribution in [0.1, 0.15) is 27.2 Å². The second kappa shape index (κ2) is 2.60. The highest BCUT2D eigenvalue weighted by molar-refractivity contribution is 5.74. The molecule has 1 heterocycles. The van der Waals surface area contributed by atoms with Gasteiger partial charge >= 0.3 is 5.97 Å². The van der Waals surface area contributed by atoms with Crippen molar-refractivity contribution in [2.45, 2.75) is 33.3 Å². The molecule has 0 aromatic rings. The largest absolute Gasteiger partial charge is 0.462 e. The van der Waals surface area contributed by atoms with Gasteiger partial charge in [0.25, 0.3) is 0 Å². The van der Waals surface area contributed by atoms with E-state index in [2.05, 4.69) is 13.8 Å². The number of carbonyl (C=O) groups excluding carboxylic acids is 1. The Bertz CT molecular complexity index is 140. The Morgan fingerprint density at radius 2 is 2.20 bits per heavy atom. The molecule has 0 aromatic carbocycles. The second-order valence-electron chi connectivity index (χ2n) is 3.36. The lowest BCUT2D eigenvalue weighted by atomic mass is 10.00. The van der Waals surface area contributed by atoms with Gasteiger partial charge in [0.15, 0.2) is 0 Å². The Morgan fingerprint density at radius 3 is 2.40 bits per heavy atom. The van der Waals surface area contributed by atoms with Gasteiger partial charge in [0.2, 0.25) is 0 Å². The quantitative estimate of drug-likeness (QED) is 0.520. The topological polar surface area (TPSA) is 26.3 Å². The number of esters is 1. The number of rotatable bonds is 1. The van der Waals surface area contributed by atoms with Crippen LogP contribution in [0.15, 0.2) is 0 Å². The zero-order chi connectivity index (χ0) is 7.72. The summed E-state index contributed by atoms with van der Waals surface area (Å²) in [6.45, 7) is 6.08. The number of ether oxygens (including phenoxy) is 1. The highest BCUT2D eigenvalue weighted by atomic mass is 16.6. The molecule has 0 radical (unpaired) electrons. The van der Waals surface area contributed by atoms with Crippen LogP contribution in [0.4, 0.5) is 0 Å². The average Bonchev–Trinajstić information content (AvgIpc) is 2.13. The summed E-state index contributed by atoms with van der Waals surface area (Å²) in [4.78, 5) is 10.9. The van der Waals surface area contributed by atoms with Crippen LogP contribution >= 0.6 is 0 Å². The molecule has 58 valence electrons. The van der Waals surface area contributed by atoms with Crippen molar-refractivity contribution in [3.05, 3.63) is 0 Å². The molecule has 1 saturated heterocycles. The predicted octanol–water partition coefficient (Wildman–Crippen LogP) is 1.59. The molecule has 0 bridgehead atoms. The maximum absolute atomic E-state index is 10.9. The van der Waals surface area contributed by atoms with Crippen LogP contribution in [0.2, 0.25) is 0 Å². The van der Waals surface area contributed by atoms with E-state index in [0.29, 0.717) is 5.92 Å². The van der Waals surface area contributed by atoms with E-state index in [4.69, 9.17) is 4.74 Å². The van der Waals surface area contributed by atoms with E-state index >= 15 is 0 Å². The zero-order valence-electron chi connectivity index (χ0n) is 6.76. The minimum Gasteiger partial charge on any atom is -0.462 e. The van der Waals surface area contributed by atoms with E-state index in [1.807, 2.05) is 6.92 Å². The number of hydrogen-bond acceptors (Lipinski definition) is 2. The van der Waals surface area contributed by atoms with Gasteiger partial charge in [0.05, 0.1) is 5.92 Å². The molecular weight excluding hydrogens is 128 g/mol. The smallest absolute Gasteiger partial charge is 0.309 e. The molecule has 0 saturated carbocycles. The van der Waals surface area contributed by atoms with Crippen molar-refractivity contribution in [2.24, 2.45) is 11.8 Å². The number of hydrogen-bond donors (Lipinski definition) is 0. The molecule has 2 heteroatoms. The number of cyclic esters (lactones) is 1. The van der Waals surface area contributed by atoms with Gasteiger partial charge in [-0.15, -0.1) is 0 Å². The molecule has 2 atom stereocenters. The van der Waals surface area contributed by atoms with Gasteiger partial charge in [-0.1, -0.05) is 20.8 Å². The highest BCUT2D eigenvalue weighted by Crippen LogP contribution is 2.25. The molecule has 0 spiro atoms. The van der Waals surface area contributed by atoms with Crippen LogP contribution in [0.5, 0.6) is 0 Å². The lowest BCUT2D eigenvalue weighted by Crippen LogP contribution is -2.13. The molecule has 0 aromatic heterocycles. The van der Waals surface area contributed by atoms with E-state index in [9.17, 15) is 4.79 Å². The van der Waals surface area contributed by atoms with Gasteiger partial charge in [-0.3, -0.25) is 4.79 Å². The summed E-state index contributed by atoms with van der Waals surface area (Å²) in [5.74, 6) is 0.556. The summed E-state index contributed by atoms with van der Waals surface area (Å²) >= 11 is 0. The average molecular weight is 142 g/mol. The summed E-state index contributed by atoms with van der Waals surface area (Å²) in [6.07, 6.45) is 1.07. The van der Waals surface area contributed by atoms with Gasteiger partial charge in [0.1, 0.15) is 6.10 Å². The molecular formula is C8H14O2. The van der Waals surface area contributed by atoms with Gasteiger partial charge < -0.3 is 4.74 Å². The summed E-state index contributed by atoms with van der Waals surface area (Å²) in [5, 5.41) is 0. The minimum absolute atomic E-state index is 0.0290. The molecule has 0 unspecified atom stereocenters. The Balaban J connectivity index is 2.49. The fourth-order valence-electron chi connectivity index (χ4n) is 1.17. The third-order valence-electron chi connectivity index (χ3n) is 2.00. The fraction of sp³-hybridized carbons (Fsp3) is 0.875. The molecule has 2 nitrogen and oxygen atoms in total. The third kappa shape index (κ3) is 1.31. The first-order valence-electron chi connectivity index (χ1n) is 3.81. The molecule has 10 heavy (non-hydrogen) atoms. The zero-order valence-corrected chi connectivity index (χ0v) is 6.76. The Morgan fingerprint density at radius 1 is 1.60 bits per heavy atom. The van der Waals surface area contributed by atoms with Crippen molar-refractivity contribution >= 4 is 5.97 Å². The van der Waals surface area contributed by atoms with E-state index in [-0.39, 0.29) is 18.0 Å². The summed E-state index contributed by atoms with van der Waals surface area (Å²) in [6, 6.07) is 0. The van der Waals surface area contributed by atoms with E-state index in [1.165, 1.54) is 0 Å². The lowest BCUT2D eigenvalue weighted by Gasteiger charge is -2.11. The molecule has 1 aliphatic heterocycles. The van der Waals surface area contributed by atoms with Gasteiger partial charge in [-0.2, -0.15) is 0 Å². The van der Waals surface area contributed by atoms with Gasteiger partial charge in [-0.25, -0.2) is 0 Å². The van der Waals surface area contributed by atoms with Gasteiger partial charge in [0, 0.05) is 0 Å². The van der Waals surface area contributed by atoms with Crippen LogP contribution in [0.25, 0.3) is 0 Å². The van der Waals surface area contributed by atoms with Crippen LogP contribution in [0.3, 0.4) is 0 Å². The molecule has 1 fully saturated rings. The third-order valence-corrected chi connectivity index (χ3v) is 2.00. The van der Waals surface area contributed by atoms with Crippen LogP contribution in [0, 0.1) is 11.8 Å². The predicted molar refractivity (Wildman–Crippen MR) is 38.5 cm³/mol. The van der Waals surface area contributed by atoms with Gasteiger partial charge in [-0.05, 0) is 12.3 Å². The summed E-state index contributed by atoms with van der Waals surface area (Å²) < 4.78 is 5.10. The molecule has 0 N–H and O–H groups in total. The first kappa shape index (κ1) is 7.58. The molecule has 0 amide bonds. The monoisotopic (exact) mass is 142 g/mol. The van der Waals surface area contributed by atoms with Crippen molar-refractivity contribution in [1.29, 1.82) is 0 Å². The normalized spacial score (nSPS) is 33.0. The lowest BCUT2D eigenvalue weighted by molar-refractivity contribution is -0.145. The highest BCUT2D eigenvalue weighted by Gasteiger charge is 2.32. The molecule has 1 rings (SSSR count). The van der Waals surface area contributed by atoms with E-state index in [1.54, 1.807) is 0 Å². The first-order chi connectivity index (χ1) is 4.61. The van der Waals surface area contributed by atoms with Crippen LogP contribution < -0.4 is 0 Å². The first-order valence-corrected chi connectivity index (χ1v) is 3.81. The van der Waals surface area contributed by atoms with E-state index in [0.717, 1.165) is 6.42 Å². The van der Waals surface area contributed by atoms with Crippen molar-refractivity contribution in [3.8, 4) is 0 Å². The Kier molecular flexibility index (Phi) is 1.97. The van der Waals surface area contributed by atoms with E-state index < -0.39 is 0 Å². The van der Waals surface area contributed by atoms with Crippen LogP contribution in [-0.4, -0.2) is 12.1 Å². The standard InChI is InChI=1S/C8H14O2/c1-5(2)7-4-6(3)8(9)10-7/h5-7H,4H2,1-3H3/t6-,7+/m1/s1. The Labute approximate surface area is 61.6 Å². The fourth-order valence-corrected chi connectivity index (χ4v) is 1.17. The van der Waals surface area contributed by atoms with Crippen molar-refractivity contribution in [3.63, 3.8) is 0 Å². The van der Waals surface area contributed by atoms with Crippen molar-refractivity contribution < 1.29 is 9.53 Å². The number of carbonyl (C=O) groups is 1. The molecule has 0 aliphatic carbocycles. The summed E-state index contributed by atoms with van der Waals surface area (Å²) in [7, 11) is 0. The second-order valence-corrected chi connectivity index (χ2v) is 3.36. The van der Waals surface area contributed by atoms with Crippen molar-refractivity contribution in [1.82, 2.24) is 0 Å². The SMILES string of the molecule is CC(C)[C@@H]1C[C@@H](C)C(=O)O1.